The number of likely N-dealkylation sites (tertiary alicyclic amines) is 1. The van der Waals surface area contributed by atoms with Crippen LogP contribution >= 0.6 is 0 Å². The molecule has 4 rings (SSSR count). The lowest BCUT2D eigenvalue weighted by Crippen LogP contribution is -2.58. The number of aromatic nitrogens is 4. The van der Waals surface area contributed by atoms with Gasteiger partial charge in [0.2, 0.25) is 5.91 Å². The molecule has 1 saturated carbocycles. The molecule has 2 fully saturated rings. The Kier molecular flexibility index (Phi) is 6.77. The van der Waals surface area contributed by atoms with Gasteiger partial charge in [0.15, 0.2) is 5.75 Å². The number of pyridine rings is 1. The number of nitriles is 1. The molecule has 9 heteroatoms. The third-order valence-electron chi connectivity index (χ3n) is 7.04. The van der Waals surface area contributed by atoms with Crippen LogP contribution in [0.15, 0.2) is 24.4 Å². The second kappa shape index (κ2) is 9.62. The van der Waals surface area contributed by atoms with E-state index in [1.54, 1.807) is 24.1 Å². The zero-order valence-electron chi connectivity index (χ0n) is 20.8. The van der Waals surface area contributed by atoms with E-state index in [-0.39, 0.29) is 11.8 Å². The maximum absolute atomic E-state index is 12.2. The van der Waals surface area contributed by atoms with Crippen molar-refractivity contribution in [2.75, 3.05) is 19.7 Å². The zero-order chi connectivity index (χ0) is 25.3. The van der Waals surface area contributed by atoms with Crippen LogP contribution in [0.3, 0.4) is 0 Å². The van der Waals surface area contributed by atoms with Gasteiger partial charge in [-0.25, -0.2) is 4.68 Å². The zero-order valence-corrected chi connectivity index (χ0v) is 20.8. The summed E-state index contributed by atoms with van der Waals surface area (Å²) in [4.78, 5) is 18.3. The Balaban J connectivity index is 1.84. The molecule has 1 saturated heterocycles. The number of nitrogens with zero attached hydrogens (tertiary/aromatic N) is 6. The van der Waals surface area contributed by atoms with Crippen LogP contribution in [0.1, 0.15) is 54.9 Å². The highest BCUT2D eigenvalue weighted by Gasteiger charge is 2.49. The van der Waals surface area contributed by atoms with Crippen molar-refractivity contribution in [1.29, 1.82) is 5.26 Å². The Labute approximate surface area is 205 Å². The predicted molar refractivity (Wildman–Crippen MR) is 130 cm³/mol. The minimum Gasteiger partial charge on any atom is -0.490 e. The van der Waals surface area contributed by atoms with Crippen LogP contribution in [0.4, 0.5) is 0 Å². The summed E-state index contributed by atoms with van der Waals surface area (Å²) in [6.07, 6.45) is 7.79. The average molecular weight is 477 g/mol. The van der Waals surface area contributed by atoms with Gasteiger partial charge in [-0.15, -0.1) is 5.10 Å². The second-order valence-electron chi connectivity index (χ2n) is 9.42. The van der Waals surface area contributed by atoms with Gasteiger partial charge >= 0.3 is 0 Å². The Morgan fingerprint density at radius 1 is 1.43 bits per heavy atom. The van der Waals surface area contributed by atoms with Gasteiger partial charge in [-0.05, 0) is 43.8 Å². The molecule has 2 aromatic rings. The maximum Gasteiger partial charge on any atom is 0.219 e. The summed E-state index contributed by atoms with van der Waals surface area (Å²) in [6, 6.07) is 2.32. The first-order valence-corrected chi connectivity index (χ1v) is 12.0. The first kappa shape index (κ1) is 24.6. The SMILES string of the molecule is C=C/C(=C\c1c(C)nc(CC)c(OCC2CC2)c1C#N)C(O)(c1cnnn1C)C1CN(C(C)=O)C1. The number of amides is 1. The Bertz CT molecular complexity index is 1220. The summed E-state index contributed by atoms with van der Waals surface area (Å²) in [5.41, 5.74) is 1.84. The molecule has 1 unspecified atom stereocenters. The molecule has 184 valence electrons. The van der Waals surface area contributed by atoms with Crippen LogP contribution in [0.25, 0.3) is 6.08 Å². The van der Waals surface area contributed by atoms with Crippen molar-refractivity contribution in [3.05, 3.63) is 52.6 Å². The molecule has 9 nitrogen and oxygen atoms in total. The standard InChI is InChI=1S/C26H32N6O3/c1-6-19(26(34,24-12-28-30-31(24)5)20-13-32(14-20)17(4)33)10-21-16(3)29-23(7-2)25(22(21)11-27)35-15-18-8-9-18/h6,10,12,18,20,34H,1,7-9,13-15H2,2-5H3/b19-10+. The van der Waals surface area contributed by atoms with Gasteiger partial charge in [-0.2, -0.15) is 5.26 Å². The normalized spacial score (nSPS) is 17.9. The fourth-order valence-electron chi connectivity index (χ4n) is 4.64. The van der Waals surface area contributed by atoms with Crippen molar-refractivity contribution in [2.45, 2.75) is 45.6 Å². The number of aliphatic hydroxyl groups is 1. The Hall–Kier alpha value is -3.51. The molecule has 1 aliphatic heterocycles. The highest BCUT2D eigenvalue weighted by Crippen LogP contribution is 2.43. The van der Waals surface area contributed by atoms with E-state index in [1.807, 2.05) is 13.8 Å². The number of rotatable bonds is 9. The summed E-state index contributed by atoms with van der Waals surface area (Å²) < 4.78 is 7.63. The van der Waals surface area contributed by atoms with Crippen molar-refractivity contribution < 1.29 is 14.6 Å². The fraction of sp³-hybridized carbons (Fsp3) is 0.500. The van der Waals surface area contributed by atoms with Crippen molar-refractivity contribution in [3.8, 4) is 11.8 Å². The van der Waals surface area contributed by atoms with Gasteiger partial charge < -0.3 is 14.7 Å². The first-order valence-electron chi connectivity index (χ1n) is 12.0. The molecule has 1 atom stereocenters. The Morgan fingerprint density at radius 2 is 2.14 bits per heavy atom. The van der Waals surface area contributed by atoms with E-state index in [9.17, 15) is 15.2 Å². The average Bonchev–Trinajstić information content (AvgIpc) is 3.52. The van der Waals surface area contributed by atoms with E-state index in [2.05, 4.69) is 23.0 Å². The molecular weight excluding hydrogens is 444 g/mol. The quantitative estimate of drug-likeness (QED) is 0.553. The molecule has 0 radical (unpaired) electrons. The highest BCUT2D eigenvalue weighted by molar-refractivity contribution is 5.74. The Morgan fingerprint density at radius 3 is 2.66 bits per heavy atom. The summed E-state index contributed by atoms with van der Waals surface area (Å²) in [5.74, 6) is 0.697. The van der Waals surface area contributed by atoms with Crippen molar-refractivity contribution in [2.24, 2.45) is 18.9 Å². The van der Waals surface area contributed by atoms with Crippen LogP contribution in [0.2, 0.25) is 0 Å². The lowest BCUT2D eigenvalue weighted by atomic mass is 9.73. The number of hydrogen-bond donors (Lipinski definition) is 1. The smallest absolute Gasteiger partial charge is 0.219 e. The molecule has 2 aliphatic rings. The van der Waals surface area contributed by atoms with E-state index >= 15 is 0 Å². The molecule has 2 aromatic heterocycles. The van der Waals surface area contributed by atoms with Gasteiger partial charge in [-0.3, -0.25) is 9.78 Å². The minimum atomic E-state index is -1.52. The summed E-state index contributed by atoms with van der Waals surface area (Å²) in [5, 5.41) is 30.3. The van der Waals surface area contributed by atoms with Crippen LogP contribution in [-0.4, -0.2) is 55.6 Å². The van der Waals surface area contributed by atoms with Gasteiger partial charge in [-0.1, -0.05) is 24.8 Å². The number of hydrogen-bond acceptors (Lipinski definition) is 7. The molecule has 0 bridgehead atoms. The molecular formula is C26H32N6O3. The fourth-order valence-corrected chi connectivity index (χ4v) is 4.64. The number of ether oxygens (including phenoxy) is 1. The summed E-state index contributed by atoms with van der Waals surface area (Å²) >= 11 is 0. The third kappa shape index (κ3) is 4.46. The molecule has 35 heavy (non-hydrogen) atoms. The molecule has 0 spiro atoms. The molecule has 1 amide bonds. The van der Waals surface area contributed by atoms with Crippen molar-refractivity contribution >= 4 is 12.0 Å². The van der Waals surface area contributed by atoms with E-state index in [4.69, 9.17) is 9.72 Å². The molecule has 1 N–H and O–H groups in total. The number of carbonyl (C=O) groups excluding carboxylic acids is 1. The predicted octanol–water partition coefficient (Wildman–Crippen LogP) is 2.68. The second-order valence-corrected chi connectivity index (χ2v) is 9.42. The van der Waals surface area contributed by atoms with E-state index < -0.39 is 5.60 Å². The lowest BCUT2D eigenvalue weighted by molar-refractivity contribution is -0.142. The van der Waals surface area contributed by atoms with E-state index in [0.717, 1.165) is 18.5 Å². The highest BCUT2D eigenvalue weighted by atomic mass is 16.5. The first-order chi connectivity index (χ1) is 16.7. The van der Waals surface area contributed by atoms with Crippen molar-refractivity contribution in [3.63, 3.8) is 0 Å². The van der Waals surface area contributed by atoms with E-state index in [0.29, 0.717) is 65.9 Å². The maximum atomic E-state index is 12.2. The van der Waals surface area contributed by atoms with Gasteiger partial charge in [0.1, 0.15) is 17.2 Å². The molecule has 3 heterocycles. The van der Waals surface area contributed by atoms with Crippen LogP contribution in [-0.2, 0) is 23.9 Å². The molecule has 1 aliphatic carbocycles. The largest absolute Gasteiger partial charge is 0.490 e. The summed E-state index contributed by atoms with van der Waals surface area (Å²) in [7, 11) is 1.71. The van der Waals surface area contributed by atoms with Crippen LogP contribution < -0.4 is 4.74 Å². The van der Waals surface area contributed by atoms with E-state index in [1.165, 1.54) is 17.8 Å². The van der Waals surface area contributed by atoms with Crippen LogP contribution in [0.5, 0.6) is 5.75 Å². The monoisotopic (exact) mass is 476 g/mol. The topological polar surface area (TPSA) is 117 Å². The van der Waals surface area contributed by atoms with Gasteiger partial charge in [0.25, 0.3) is 0 Å². The third-order valence-corrected chi connectivity index (χ3v) is 7.04. The van der Waals surface area contributed by atoms with Gasteiger partial charge in [0.05, 0.1) is 24.2 Å². The lowest BCUT2D eigenvalue weighted by Gasteiger charge is -2.48. The summed E-state index contributed by atoms with van der Waals surface area (Å²) in [6.45, 7) is 10.7. The minimum absolute atomic E-state index is 0.0460. The van der Waals surface area contributed by atoms with Crippen LogP contribution in [0, 0.1) is 30.1 Å². The van der Waals surface area contributed by atoms with Crippen molar-refractivity contribution in [1.82, 2.24) is 24.9 Å². The number of aryl methyl sites for hydroxylation is 3. The van der Waals surface area contributed by atoms with Gasteiger partial charge in [0, 0.05) is 44.2 Å². The number of carbonyl (C=O) groups is 1. The molecule has 0 aromatic carbocycles.